The van der Waals surface area contributed by atoms with Crippen molar-refractivity contribution in [3.05, 3.63) is 84.3 Å². The Morgan fingerprint density at radius 1 is 0.969 bits per heavy atom. The van der Waals surface area contributed by atoms with Gasteiger partial charge in [0, 0.05) is 23.5 Å². The number of nitrogens with one attached hydrogen (secondary N) is 1. The molecule has 162 valence electrons. The monoisotopic (exact) mass is 438 g/mol. The van der Waals surface area contributed by atoms with Crippen LogP contribution in [0.3, 0.4) is 0 Å². The quantitative estimate of drug-likeness (QED) is 0.433. The molecule has 0 radical (unpaired) electrons. The number of fused-ring (bicyclic) bond motifs is 1. The van der Waals surface area contributed by atoms with E-state index in [0.29, 0.717) is 17.1 Å². The molecule has 2 aromatic heterocycles. The van der Waals surface area contributed by atoms with Crippen molar-refractivity contribution in [3.63, 3.8) is 0 Å². The molecule has 4 rings (SSSR count). The second-order valence-electron chi connectivity index (χ2n) is 7.08. The van der Waals surface area contributed by atoms with Gasteiger partial charge in [0.15, 0.2) is 6.10 Å². The van der Waals surface area contributed by atoms with Crippen LogP contribution in [-0.4, -0.2) is 21.0 Å². The van der Waals surface area contributed by atoms with E-state index in [4.69, 9.17) is 5.73 Å². The first kappa shape index (κ1) is 21.3. The largest absolute Gasteiger partial charge is 0.433 e. The molecular formula is C23H17F3N4O2. The van der Waals surface area contributed by atoms with Gasteiger partial charge in [0.25, 0.3) is 5.91 Å². The molecule has 2 heterocycles. The number of aliphatic hydroxyl groups excluding tert-OH is 1. The molecule has 4 aromatic rings. The minimum absolute atomic E-state index is 0.236. The number of carbonyl (C=O) groups is 1. The molecule has 32 heavy (non-hydrogen) atoms. The summed E-state index contributed by atoms with van der Waals surface area (Å²) in [5, 5.41) is 14.7. The first-order chi connectivity index (χ1) is 15.2. The van der Waals surface area contributed by atoms with Crippen molar-refractivity contribution < 1.29 is 23.1 Å². The molecule has 6 nitrogen and oxygen atoms in total. The Morgan fingerprint density at radius 3 is 2.50 bits per heavy atom. The summed E-state index contributed by atoms with van der Waals surface area (Å²) in [5.74, 6) is -0.323. The third-order valence-electron chi connectivity index (χ3n) is 4.90. The normalized spacial score (nSPS) is 12.5. The van der Waals surface area contributed by atoms with E-state index >= 15 is 0 Å². The predicted molar refractivity (Wildman–Crippen MR) is 114 cm³/mol. The fourth-order valence-corrected chi connectivity index (χ4v) is 3.29. The highest BCUT2D eigenvalue weighted by molar-refractivity contribution is 5.99. The van der Waals surface area contributed by atoms with Crippen LogP contribution in [0, 0.1) is 0 Å². The Morgan fingerprint density at radius 2 is 1.72 bits per heavy atom. The van der Waals surface area contributed by atoms with Gasteiger partial charge in [-0.05, 0) is 64.5 Å². The molecule has 1 unspecified atom stereocenters. The van der Waals surface area contributed by atoms with E-state index in [1.807, 2.05) is 0 Å². The number of hydrogen-bond acceptors (Lipinski definition) is 5. The van der Waals surface area contributed by atoms with Crippen molar-refractivity contribution >= 4 is 28.2 Å². The Balaban J connectivity index is 1.56. The molecule has 0 aliphatic carbocycles. The topological polar surface area (TPSA) is 101 Å². The van der Waals surface area contributed by atoms with E-state index < -0.39 is 23.9 Å². The average Bonchev–Trinajstić information content (AvgIpc) is 2.78. The molecule has 0 saturated heterocycles. The lowest BCUT2D eigenvalue weighted by Crippen LogP contribution is -2.20. The van der Waals surface area contributed by atoms with Crippen LogP contribution in [-0.2, 0) is 11.0 Å². The van der Waals surface area contributed by atoms with Crippen LogP contribution in [0.1, 0.15) is 17.4 Å². The molecule has 0 fully saturated rings. The van der Waals surface area contributed by atoms with E-state index in [1.165, 1.54) is 18.2 Å². The molecule has 9 heteroatoms. The van der Waals surface area contributed by atoms with Crippen LogP contribution >= 0.6 is 0 Å². The summed E-state index contributed by atoms with van der Waals surface area (Å²) in [6.45, 7) is 0. The van der Waals surface area contributed by atoms with E-state index in [0.717, 1.165) is 23.0 Å². The first-order valence-electron chi connectivity index (χ1n) is 9.49. The molecule has 1 atom stereocenters. The Kier molecular flexibility index (Phi) is 5.50. The van der Waals surface area contributed by atoms with Crippen molar-refractivity contribution in [2.24, 2.45) is 0 Å². The van der Waals surface area contributed by atoms with Crippen LogP contribution < -0.4 is 11.1 Å². The minimum Gasteiger partial charge on any atom is -0.383 e. The van der Waals surface area contributed by atoms with Crippen LogP contribution in [0.15, 0.2) is 73.1 Å². The number of nitrogens with two attached hydrogens (primary N) is 1. The number of carbonyl (C=O) groups excluding carboxylic acids is 1. The molecule has 2 aromatic carbocycles. The van der Waals surface area contributed by atoms with Crippen LogP contribution in [0.4, 0.5) is 24.7 Å². The van der Waals surface area contributed by atoms with Gasteiger partial charge in [-0.1, -0.05) is 18.2 Å². The number of aliphatic hydroxyl groups is 1. The van der Waals surface area contributed by atoms with Gasteiger partial charge in [-0.15, -0.1) is 0 Å². The van der Waals surface area contributed by atoms with Crippen LogP contribution in [0.5, 0.6) is 0 Å². The van der Waals surface area contributed by atoms with Gasteiger partial charge in [-0.3, -0.25) is 9.78 Å². The van der Waals surface area contributed by atoms with Crippen molar-refractivity contribution in [2.75, 3.05) is 11.1 Å². The maximum absolute atomic E-state index is 13.0. The average molecular weight is 438 g/mol. The lowest BCUT2D eigenvalue weighted by atomic mass is 10.0. The number of hydrogen-bond donors (Lipinski definition) is 3. The minimum atomic E-state index is -4.58. The maximum Gasteiger partial charge on any atom is 0.433 e. The number of alkyl halides is 3. The molecule has 0 spiro atoms. The zero-order chi connectivity index (χ0) is 22.9. The summed E-state index contributed by atoms with van der Waals surface area (Å²) in [6, 6.07) is 15.3. The Labute approximate surface area is 180 Å². The summed E-state index contributed by atoms with van der Waals surface area (Å²) in [7, 11) is 0. The number of nitrogens with zero attached hydrogens (tertiary/aromatic N) is 2. The smallest absolute Gasteiger partial charge is 0.383 e. The third kappa shape index (κ3) is 4.37. The highest BCUT2D eigenvalue weighted by atomic mass is 19.4. The molecule has 0 aliphatic heterocycles. The van der Waals surface area contributed by atoms with E-state index in [-0.39, 0.29) is 11.1 Å². The standard InChI is InChI=1S/C23H17F3N4O2/c24-23(25,26)19-12-14(6-8-28-19)13-2-1-3-16(10-13)20(31)22(32)30-17-4-5-18-15(11-17)7-9-29-21(18)27/h1-12,20,31H,(H2,27,29)(H,30,32). The predicted octanol–water partition coefficient (Wildman–Crippen LogP) is 4.57. The summed E-state index contributed by atoms with van der Waals surface area (Å²) < 4.78 is 38.9. The second-order valence-corrected chi connectivity index (χ2v) is 7.08. The van der Waals surface area contributed by atoms with Gasteiger partial charge < -0.3 is 16.2 Å². The fraction of sp³-hybridized carbons (Fsp3) is 0.0870. The highest BCUT2D eigenvalue weighted by Crippen LogP contribution is 2.31. The zero-order valence-electron chi connectivity index (χ0n) is 16.5. The molecule has 0 saturated carbocycles. The van der Waals surface area contributed by atoms with E-state index in [1.54, 1.807) is 42.6 Å². The van der Waals surface area contributed by atoms with Gasteiger partial charge in [-0.25, -0.2) is 4.98 Å². The number of anilines is 2. The molecular weight excluding hydrogens is 421 g/mol. The zero-order valence-corrected chi connectivity index (χ0v) is 16.5. The van der Waals surface area contributed by atoms with Crippen LogP contribution in [0.2, 0.25) is 0 Å². The first-order valence-corrected chi connectivity index (χ1v) is 9.49. The van der Waals surface area contributed by atoms with Gasteiger partial charge in [0.2, 0.25) is 0 Å². The van der Waals surface area contributed by atoms with E-state index in [2.05, 4.69) is 15.3 Å². The lowest BCUT2D eigenvalue weighted by molar-refractivity contribution is -0.141. The summed E-state index contributed by atoms with van der Waals surface area (Å²) in [4.78, 5) is 19.9. The van der Waals surface area contributed by atoms with Crippen molar-refractivity contribution in [3.8, 4) is 11.1 Å². The second kappa shape index (κ2) is 8.27. The number of nitrogen functional groups attached to an aromatic ring is 1. The van der Waals surface area contributed by atoms with E-state index in [9.17, 15) is 23.1 Å². The maximum atomic E-state index is 13.0. The number of aromatic nitrogens is 2. The molecule has 0 aliphatic rings. The number of rotatable bonds is 4. The number of amides is 1. The van der Waals surface area contributed by atoms with Gasteiger partial charge >= 0.3 is 6.18 Å². The SMILES string of the molecule is Nc1nccc2cc(NC(=O)C(O)c3cccc(-c4ccnc(C(F)(F)F)c4)c3)ccc12. The summed E-state index contributed by atoms with van der Waals surface area (Å²) in [6.07, 6.45) is -3.49. The molecule has 0 bridgehead atoms. The summed E-state index contributed by atoms with van der Waals surface area (Å²) >= 11 is 0. The molecule has 4 N–H and O–H groups in total. The van der Waals surface area contributed by atoms with Crippen LogP contribution in [0.25, 0.3) is 21.9 Å². The van der Waals surface area contributed by atoms with Gasteiger partial charge in [0.1, 0.15) is 11.5 Å². The lowest BCUT2D eigenvalue weighted by Gasteiger charge is -2.14. The number of pyridine rings is 2. The van der Waals surface area contributed by atoms with Gasteiger partial charge in [-0.2, -0.15) is 13.2 Å². The van der Waals surface area contributed by atoms with Crippen molar-refractivity contribution in [1.82, 2.24) is 9.97 Å². The van der Waals surface area contributed by atoms with Crippen molar-refractivity contribution in [2.45, 2.75) is 12.3 Å². The highest BCUT2D eigenvalue weighted by Gasteiger charge is 2.32. The van der Waals surface area contributed by atoms with Gasteiger partial charge in [0.05, 0.1) is 0 Å². The van der Waals surface area contributed by atoms with Crippen molar-refractivity contribution in [1.29, 1.82) is 0 Å². The fourth-order valence-electron chi connectivity index (χ4n) is 3.29. The Bertz CT molecular complexity index is 1310. The third-order valence-corrected chi connectivity index (χ3v) is 4.90. The number of benzene rings is 2. The number of halogens is 3. The Hall–Kier alpha value is -3.98. The summed E-state index contributed by atoms with van der Waals surface area (Å²) in [5.41, 5.74) is 6.17. The molecule has 1 amide bonds.